The van der Waals surface area contributed by atoms with Crippen molar-refractivity contribution >= 4 is 32.7 Å². The number of fused-ring (bicyclic) bond motifs is 1. The van der Waals surface area contributed by atoms with Crippen molar-refractivity contribution < 1.29 is 17.7 Å². The number of aromatic nitrogens is 2. The lowest BCUT2D eigenvalue weighted by Gasteiger charge is -2.20. The van der Waals surface area contributed by atoms with Gasteiger partial charge in [0.2, 0.25) is 10.0 Å². The molecule has 0 saturated carbocycles. The van der Waals surface area contributed by atoms with Crippen molar-refractivity contribution in [3.63, 3.8) is 0 Å². The molecule has 2 heterocycles. The molecule has 2 aromatic heterocycles. The first kappa shape index (κ1) is 22.6. The number of benzene rings is 2. The summed E-state index contributed by atoms with van der Waals surface area (Å²) in [5, 5.41) is 7.25. The highest BCUT2D eigenvalue weighted by atomic mass is 32.2. The third kappa shape index (κ3) is 4.94. The molecule has 0 aliphatic carbocycles. The number of aryl methyl sites for hydroxylation is 1. The van der Waals surface area contributed by atoms with Gasteiger partial charge in [0.25, 0.3) is 11.6 Å². The number of pyridine rings is 1. The minimum Gasteiger partial charge on any atom is -0.335 e. The predicted octanol–water partition coefficient (Wildman–Crippen LogP) is 4.53. The maximum atomic E-state index is 13.3. The van der Waals surface area contributed by atoms with Gasteiger partial charge in [-0.1, -0.05) is 41.6 Å². The molecule has 0 unspecified atom stereocenters. The second kappa shape index (κ2) is 8.42. The van der Waals surface area contributed by atoms with Crippen LogP contribution in [0.15, 0.2) is 70.1 Å². The molecule has 0 spiro atoms. The Morgan fingerprint density at radius 1 is 1.00 bits per heavy atom. The summed E-state index contributed by atoms with van der Waals surface area (Å²) in [6.07, 6.45) is 0. The fourth-order valence-electron chi connectivity index (χ4n) is 3.43. The summed E-state index contributed by atoms with van der Waals surface area (Å²) >= 11 is 0. The zero-order valence-electron chi connectivity index (χ0n) is 18.7. The lowest BCUT2D eigenvalue weighted by Crippen LogP contribution is -2.40. The summed E-state index contributed by atoms with van der Waals surface area (Å²) in [4.78, 5) is 17.8. The van der Waals surface area contributed by atoms with Gasteiger partial charge in [-0.15, -0.1) is 0 Å². The summed E-state index contributed by atoms with van der Waals surface area (Å²) < 4.78 is 33.3. The largest absolute Gasteiger partial charge is 0.335 e. The molecule has 0 aliphatic heterocycles. The molecule has 170 valence electrons. The van der Waals surface area contributed by atoms with Crippen LogP contribution in [0.25, 0.3) is 22.4 Å². The number of hydrogen-bond donors (Lipinski definition) is 2. The molecular formula is C24H24N4O4S. The van der Waals surface area contributed by atoms with Crippen LogP contribution in [-0.2, 0) is 10.0 Å². The molecule has 4 aromatic rings. The van der Waals surface area contributed by atoms with Gasteiger partial charge >= 0.3 is 0 Å². The molecule has 0 fully saturated rings. The molecular weight excluding hydrogens is 440 g/mol. The van der Waals surface area contributed by atoms with Crippen LogP contribution in [-0.4, -0.2) is 30.0 Å². The Bertz CT molecular complexity index is 1440. The van der Waals surface area contributed by atoms with Crippen molar-refractivity contribution in [2.24, 2.45) is 0 Å². The zero-order valence-corrected chi connectivity index (χ0v) is 19.5. The van der Waals surface area contributed by atoms with E-state index in [0.29, 0.717) is 28.0 Å². The SMILES string of the molecule is Cc1noc2nc(-c3ccccc3)cc(C(=O)Nc3cccc(S(=O)(=O)NC(C)(C)C)c3)c12. The number of carbonyl (C=O) groups is 1. The third-order valence-corrected chi connectivity index (χ3v) is 6.53. The van der Waals surface area contributed by atoms with E-state index in [1.807, 2.05) is 30.3 Å². The molecule has 4 rings (SSSR count). The summed E-state index contributed by atoms with van der Waals surface area (Å²) in [6, 6.07) is 17.2. The summed E-state index contributed by atoms with van der Waals surface area (Å²) in [7, 11) is -3.75. The van der Waals surface area contributed by atoms with E-state index in [9.17, 15) is 13.2 Å². The van der Waals surface area contributed by atoms with E-state index in [2.05, 4.69) is 20.2 Å². The van der Waals surface area contributed by atoms with E-state index < -0.39 is 21.5 Å². The standard InChI is InChI=1S/C24H24N4O4S/c1-15-21-19(14-20(26-23(21)32-27-15)16-9-6-5-7-10-16)22(29)25-17-11-8-12-18(13-17)33(30,31)28-24(2,3)4/h5-14,28H,1-4H3,(H,25,29). The Hall–Kier alpha value is -3.56. The van der Waals surface area contributed by atoms with Gasteiger partial charge in [0.05, 0.1) is 27.2 Å². The van der Waals surface area contributed by atoms with Gasteiger partial charge in [-0.05, 0) is 52.0 Å². The van der Waals surface area contributed by atoms with Crippen LogP contribution in [0.3, 0.4) is 0 Å². The molecule has 0 radical (unpaired) electrons. The number of nitrogens with zero attached hydrogens (tertiary/aromatic N) is 2. The van der Waals surface area contributed by atoms with Gasteiger partial charge in [0.15, 0.2) is 0 Å². The first-order chi connectivity index (χ1) is 15.5. The first-order valence-electron chi connectivity index (χ1n) is 10.3. The molecule has 0 saturated heterocycles. The molecule has 0 aliphatic rings. The fourth-order valence-corrected chi connectivity index (χ4v) is 4.90. The summed E-state index contributed by atoms with van der Waals surface area (Å²) in [5.41, 5.74) is 2.22. The maximum Gasteiger partial charge on any atom is 0.259 e. The smallest absolute Gasteiger partial charge is 0.259 e. The number of rotatable bonds is 5. The van der Waals surface area contributed by atoms with Crippen LogP contribution in [0.1, 0.15) is 36.8 Å². The van der Waals surface area contributed by atoms with Crippen LogP contribution in [0.4, 0.5) is 5.69 Å². The second-order valence-corrected chi connectivity index (χ2v) is 10.4. The Kier molecular flexibility index (Phi) is 5.77. The molecule has 1 amide bonds. The predicted molar refractivity (Wildman–Crippen MR) is 126 cm³/mol. The van der Waals surface area contributed by atoms with E-state index in [1.165, 1.54) is 12.1 Å². The lowest BCUT2D eigenvalue weighted by molar-refractivity contribution is 0.102. The molecule has 8 nitrogen and oxygen atoms in total. The highest BCUT2D eigenvalue weighted by molar-refractivity contribution is 7.89. The van der Waals surface area contributed by atoms with E-state index in [-0.39, 0.29) is 10.6 Å². The van der Waals surface area contributed by atoms with Crippen molar-refractivity contribution in [3.05, 3.63) is 71.9 Å². The highest BCUT2D eigenvalue weighted by Crippen LogP contribution is 2.28. The van der Waals surface area contributed by atoms with Crippen molar-refractivity contribution in [2.45, 2.75) is 38.1 Å². The maximum absolute atomic E-state index is 13.3. The van der Waals surface area contributed by atoms with Gasteiger partial charge in [-0.3, -0.25) is 4.79 Å². The quantitative estimate of drug-likeness (QED) is 0.449. The van der Waals surface area contributed by atoms with Crippen molar-refractivity contribution in [2.75, 3.05) is 5.32 Å². The second-order valence-electron chi connectivity index (χ2n) is 8.71. The van der Waals surface area contributed by atoms with E-state index in [1.54, 1.807) is 45.9 Å². The molecule has 2 aromatic carbocycles. The zero-order chi connectivity index (χ0) is 23.8. The number of sulfonamides is 1. The number of carbonyl (C=O) groups excluding carboxylic acids is 1. The molecule has 33 heavy (non-hydrogen) atoms. The number of hydrogen-bond acceptors (Lipinski definition) is 6. The van der Waals surface area contributed by atoms with Gasteiger partial charge in [0.1, 0.15) is 0 Å². The molecule has 0 bridgehead atoms. The van der Waals surface area contributed by atoms with E-state index >= 15 is 0 Å². The molecule has 9 heteroatoms. The van der Waals surface area contributed by atoms with Crippen LogP contribution in [0.2, 0.25) is 0 Å². The minimum atomic E-state index is -3.75. The van der Waals surface area contributed by atoms with Gasteiger partial charge in [-0.25, -0.2) is 18.1 Å². The van der Waals surface area contributed by atoms with Crippen LogP contribution in [0, 0.1) is 6.92 Å². The summed E-state index contributed by atoms with van der Waals surface area (Å²) in [6.45, 7) is 7.02. The Morgan fingerprint density at radius 2 is 1.73 bits per heavy atom. The van der Waals surface area contributed by atoms with Crippen molar-refractivity contribution in [3.8, 4) is 11.3 Å². The number of anilines is 1. The lowest BCUT2D eigenvalue weighted by atomic mass is 10.1. The third-order valence-electron chi connectivity index (χ3n) is 4.77. The minimum absolute atomic E-state index is 0.0567. The first-order valence-corrected chi connectivity index (χ1v) is 11.8. The van der Waals surface area contributed by atoms with Crippen molar-refractivity contribution in [1.82, 2.24) is 14.9 Å². The van der Waals surface area contributed by atoms with Gasteiger partial charge in [-0.2, -0.15) is 0 Å². The van der Waals surface area contributed by atoms with Crippen molar-refractivity contribution in [1.29, 1.82) is 0 Å². The highest BCUT2D eigenvalue weighted by Gasteiger charge is 2.23. The Balaban J connectivity index is 1.71. The number of nitrogens with one attached hydrogen (secondary N) is 2. The normalized spacial score (nSPS) is 12.1. The average molecular weight is 465 g/mol. The fraction of sp³-hybridized carbons (Fsp3) is 0.208. The van der Waals surface area contributed by atoms with Crippen LogP contribution >= 0.6 is 0 Å². The van der Waals surface area contributed by atoms with Crippen LogP contribution in [0.5, 0.6) is 0 Å². The van der Waals surface area contributed by atoms with E-state index in [0.717, 1.165) is 5.56 Å². The Morgan fingerprint density at radius 3 is 2.42 bits per heavy atom. The average Bonchev–Trinajstić information content (AvgIpc) is 3.13. The monoisotopic (exact) mass is 464 g/mol. The summed E-state index contributed by atoms with van der Waals surface area (Å²) in [5.74, 6) is -0.427. The topological polar surface area (TPSA) is 114 Å². The molecule has 0 atom stereocenters. The Labute approximate surface area is 192 Å². The van der Waals surface area contributed by atoms with Crippen LogP contribution < -0.4 is 10.0 Å². The van der Waals surface area contributed by atoms with Gasteiger partial charge < -0.3 is 9.84 Å². The van der Waals surface area contributed by atoms with E-state index in [4.69, 9.17) is 4.52 Å². The molecule has 2 N–H and O–H groups in total. The van der Waals surface area contributed by atoms with Gasteiger partial charge in [0, 0.05) is 16.8 Å². The number of amides is 1.